The summed E-state index contributed by atoms with van der Waals surface area (Å²) in [7, 11) is -3.61. The molecule has 0 atom stereocenters. The van der Waals surface area contributed by atoms with Crippen LogP contribution in [0.1, 0.15) is 12.8 Å². The molecule has 1 aliphatic heterocycles. The van der Waals surface area contributed by atoms with E-state index in [9.17, 15) is 9.59 Å². The molecule has 17 heavy (non-hydrogen) atoms. The predicted molar refractivity (Wildman–Crippen MR) is 74.9 cm³/mol. The zero-order valence-electron chi connectivity index (χ0n) is 11.8. The lowest BCUT2D eigenvalue weighted by atomic mass is 10.3. The van der Waals surface area contributed by atoms with Gasteiger partial charge in [-0.2, -0.15) is 0 Å². The zero-order valence-corrected chi connectivity index (χ0v) is 13.8. The van der Waals surface area contributed by atoms with Crippen LogP contribution in [0.2, 0.25) is 39.3 Å². The number of hydrogen-bond acceptors (Lipinski definition) is 2. The number of imide groups is 1. The summed E-state index contributed by atoms with van der Waals surface area (Å²) in [5.41, 5.74) is 0. The number of hydrogen-bond donors (Lipinski definition) is 0. The van der Waals surface area contributed by atoms with Gasteiger partial charge in [-0.1, -0.05) is 39.3 Å². The number of urea groups is 1. The van der Waals surface area contributed by atoms with Crippen molar-refractivity contribution in [2.75, 3.05) is 6.54 Å². The van der Waals surface area contributed by atoms with E-state index < -0.39 is 16.5 Å². The molecule has 0 aromatic carbocycles. The minimum Gasteiger partial charge on any atom is -0.353 e. The van der Waals surface area contributed by atoms with Crippen molar-refractivity contribution in [3.05, 3.63) is 0 Å². The van der Waals surface area contributed by atoms with Crippen molar-refractivity contribution in [2.45, 2.75) is 52.1 Å². The summed E-state index contributed by atoms with van der Waals surface area (Å²) in [5, 5.41) is 0. The highest BCUT2D eigenvalue weighted by Gasteiger charge is 2.41. The first-order valence-corrected chi connectivity index (χ1v) is 13.1. The zero-order chi connectivity index (χ0) is 13.4. The molecule has 1 fully saturated rings. The van der Waals surface area contributed by atoms with Gasteiger partial charge in [0.15, 0.2) is 16.5 Å². The van der Waals surface area contributed by atoms with Gasteiger partial charge < -0.3 is 4.57 Å². The maximum atomic E-state index is 12.5. The minimum atomic E-state index is -1.92. The van der Waals surface area contributed by atoms with Gasteiger partial charge in [-0.25, -0.2) is 4.79 Å². The van der Waals surface area contributed by atoms with Crippen LogP contribution in [-0.4, -0.2) is 44.1 Å². The summed E-state index contributed by atoms with van der Waals surface area (Å²) in [6.07, 6.45) is 1.31. The largest absolute Gasteiger partial charge is 0.353 e. The Balaban J connectivity index is 3.10. The fraction of sp³-hybridized carbons (Fsp3) is 0.818. The number of carbonyl (C=O) groups is 2. The van der Waals surface area contributed by atoms with Crippen molar-refractivity contribution in [1.29, 1.82) is 0 Å². The quantitative estimate of drug-likeness (QED) is 0.725. The van der Waals surface area contributed by atoms with Crippen LogP contribution in [0.3, 0.4) is 0 Å². The second kappa shape index (κ2) is 4.57. The standard InChI is InChI=1S/C11H24N2O2Si2/c1-16(2,3)12-9-7-8-10(14)13(11(12)15)17(4,5)6/h7-9H2,1-6H3. The molecule has 98 valence electrons. The van der Waals surface area contributed by atoms with E-state index in [0.717, 1.165) is 13.0 Å². The molecule has 0 aromatic rings. The van der Waals surface area contributed by atoms with Crippen molar-refractivity contribution in [2.24, 2.45) is 0 Å². The van der Waals surface area contributed by atoms with E-state index in [4.69, 9.17) is 0 Å². The maximum absolute atomic E-state index is 12.5. The average molecular weight is 272 g/mol. The normalized spacial score (nSPS) is 19.6. The molecular weight excluding hydrogens is 248 g/mol. The van der Waals surface area contributed by atoms with Gasteiger partial charge in [0.05, 0.1) is 0 Å². The molecule has 3 amide bonds. The first-order valence-electron chi connectivity index (χ1n) is 6.20. The Morgan fingerprint density at radius 1 is 0.941 bits per heavy atom. The summed E-state index contributed by atoms with van der Waals surface area (Å²) in [4.78, 5) is 24.6. The molecule has 1 aliphatic rings. The van der Waals surface area contributed by atoms with Crippen molar-refractivity contribution in [1.82, 2.24) is 9.13 Å². The molecule has 1 heterocycles. The molecular formula is C11H24N2O2Si2. The van der Waals surface area contributed by atoms with E-state index in [1.165, 1.54) is 0 Å². The number of nitrogens with zero attached hydrogens (tertiary/aromatic N) is 2. The molecule has 1 saturated heterocycles. The molecule has 1 rings (SSSR count). The maximum Gasteiger partial charge on any atom is 0.310 e. The molecule has 0 unspecified atom stereocenters. The molecule has 6 heteroatoms. The van der Waals surface area contributed by atoms with Crippen molar-refractivity contribution < 1.29 is 9.59 Å². The van der Waals surface area contributed by atoms with Crippen LogP contribution in [0.5, 0.6) is 0 Å². The minimum absolute atomic E-state index is 0.0231. The van der Waals surface area contributed by atoms with E-state index in [0.29, 0.717) is 6.42 Å². The van der Waals surface area contributed by atoms with E-state index >= 15 is 0 Å². The molecule has 0 aromatic heterocycles. The van der Waals surface area contributed by atoms with Crippen LogP contribution in [0.25, 0.3) is 0 Å². The van der Waals surface area contributed by atoms with Gasteiger partial charge in [0, 0.05) is 13.0 Å². The highest BCUT2D eigenvalue weighted by atomic mass is 28.3. The van der Waals surface area contributed by atoms with Gasteiger partial charge in [0.25, 0.3) is 0 Å². The lowest BCUT2D eigenvalue weighted by Gasteiger charge is -2.39. The highest BCUT2D eigenvalue weighted by molar-refractivity contribution is 6.80. The Hall–Kier alpha value is -0.626. The van der Waals surface area contributed by atoms with Gasteiger partial charge in [-0.3, -0.25) is 9.36 Å². The molecule has 0 N–H and O–H groups in total. The second-order valence-corrected chi connectivity index (χ2v) is 16.3. The van der Waals surface area contributed by atoms with Gasteiger partial charge in [0.1, 0.15) is 0 Å². The molecule has 0 spiro atoms. The molecule has 0 aliphatic carbocycles. The van der Waals surface area contributed by atoms with Crippen molar-refractivity contribution in [3.8, 4) is 0 Å². The predicted octanol–water partition coefficient (Wildman–Crippen LogP) is 2.70. The van der Waals surface area contributed by atoms with Crippen molar-refractivity contribution >= 4 is 28.4 Å². The summed E-state index contributed by atoms with van der Waals surface area (Å²) >= 11 is 0. The smallest absolute Gasteiger partial charge is 0.310 e. The van der Waals surface area contributed by atoms with E-state index in [1.807, 2.05) is 4.57 Å². The van der Waals surface area contributed by atoms with Gasteiger partial charge in [-0.05, 0) is 6.42 Å². The first-order chi connectivity index (χ1) is 7.55. The lowest BCUT2D eigenvalue weighted by Crippen LogP contribution is -2.61. The van der Waals surface area contributed by atoms with Crippen LogP contribution in [0.15, 0.2) is 0 Å². The Kier molecular flexibility index (Phi) is 3.88. The number of rotatable bonds is 2. The third kappa shape index (κ3) is 3.19. The van der Waals surface area contributed by atoms with Gasteiger partial charge in [0.2, 0.25) is 5.91 Å². The Morgan fingerprint density at radius 3 is 1.88 bits per heavy atom. The van der Waals surface area contributed by atoms with Crippen molar-refractivity contribution in [3.63, 3.8) is 0 Å². The fourth-order valence-electron chi connectivity index (χ4n) is 2.11. The Labute approximate surface area is 106 Å². The molecule has 0 radical (unpaired) electrons. The molecule has 0 saturated carbocycles. The van der Waals surface area contributed by atoms with Crippen LogP contribution in [0.4, 0.5) is 4.79 Å². The van der Waals surface area contributed by atoms with E-state index in [1.54, 1.807) is 4.57 Å². The SMILES string of the molecule is C[Si](C)(C)N1CCCC(=O)N([Si](C)(C)C)C1=O. The Morgan fingerprint density at radius 2 is 1.47 bits per heavy atom. The third-order valence-corrected chi connectivity index (χ3v) is 6.74. The summed E-state index contributed by atoms with van der Waals surface area (Å²) in [6.45, 7) is 13.4. The van der Waals surface area contributed by atoms with Crippen LogP contribution in [-0.2, 0) is 4.79 Å². The summed E-state index contributed by atoms with van der Waals surface area (Å²) in [6, 6.07) is -0.0363. The Bertz CT molecular complexity index is 331. The molecule has 0 bridgehead atoms. The first kappa shape index (κ1) is 14.4. The fourth-order valence-corrected chi connectivity index (χ4v) is 5.26. The molecule has 4 nitrogen and oxygen atoms in total. The van der Waals surface area contributed by atoms with Crippen LogP contribution < -0.4 is 0 Å². The monoisotopic (exact) mass is 272 g/mol. The van der Waals surface area contributed by atoms with Crippen LogP contribution >= 0.6 is 0 Å². The summed E-state index contributed by atoms with van der Waals surface area (Å²) in [5.74, 6) is 0.0231. The second-order valence-electron chi connectivity index (χ2n) is 6.61. The number of carbonyl (C=O) groups excluding carboxylic acids is 2. The van der Waals surface area contributed by atoms with Crippen LogP contribution in [0, 0.1) is 0 Å². The van der Waals surface area contributed by atoms with E-state index in [-0.39, 0.29) is 11.9 Å². The third-order valence-electron chi connectivity index (χ3n) is 2.92. The lowest BCUT2D eigenvalue weighted by molar-refractivity contribution is -0.124. The van der Waals surface area contributed by atoms with Gasteiger partial charge in [-0.15, -0.1) is 0 Å². The van der Waals surface area contributed by atoms with Gasteiger partial charge >= 0.3 is 6.03 Å². The topological polar surface area (TPSA) is 40.6 Å². The average Bonchev–Trinajstić information content (AvgIpc) is 2.20. The van der Waals surface area contributed by atoms with E-state index in [2.05, 4.69) is 39.3 Å². The summed E-state index contributed by atoms with van der Waals surface area (Å²) < 4.78 is 3.55. The highest BCUT2D eigenvalue weighted by Crippen LogP contribution is 2.22. The number of amides is 3.